The summed E-state index contributed by atoms with van der Waals surface area (Å²) in [5.74, 6) is -0.0309. The quantitative estimate of drug-likeness (QED) is 0.743. The number of aromatic nitrogens is 3. The smallest absolute Gasteiger partial charge is 0.230 e. The van der Waals surface area contributed by atoms with Crippen molar-refractivity contribution >= 4 is 34.2 Å². The fraction of sp³-hybridized carbons (Fsp3) is 0.182. The zero-order chi connectivity index (χ0) is 12.0. The Morgan fingerprint density at radius 1 is 1.47 bits per heavy atom. The number of aryl methyl sites for hydroxylation is 1. The topological polar surface area (TPSA) is 59.8 Å². The number of hydrogen-bond donors (Lipinski definition) is 1. The molecule has 0 saturated heterocycles. The first kappa shape index (κ1) is 10.7. The van der Waals surface area contributed by atoms with Gasteiger partial charge < -0.3 is 5.32 Å². The molecule has 86 valence electrons. The van der Waals surface area contributed by atoms with Crippen LogP contribution in [0.5, 0.6) is 0 Å². The maximum absolute atomic E-state index is 11.8. The number of nitrogens with one attached hydrogen (secondary N) is 1. The van der Waals surface area contributed by atoms with Crippen molar-refractivity contribution in [3.8, 4) is 5.69 Å². The molecule has 1 aromatic heterocycles. The Bertz CT molecular complexity index is 620. The van der Waals surface area contributed by atoms with Gasteiger partial charge in [-0.25, -0.2) is 4.68 Å². The summed E-state index contributed by atoms with van der Waals surface area (Å²) in [4.78, 5) is 11.8. The molecule has 1 N–H and O–H groups in total. The Morgan fingerprint density at radius 3 is 3.12 bits per heavy atom. The summed E-state index contributed by atoms with van der Waals surface area (Å²) >= 11 is 2.24. The van der Waals surface area contributed by atoms with Crippen LogP contribution in [0.15, 0.2) is 18.2 Å². The number of fused-ring (bicyclic) bond motifs is 3. The number of anilines is 1. The van der Waals surface area contributed by atoms with E-state index in [0.717, 1.165) is 26.3 Å². The van der Waals surface area contributed by atoms with E-state index < -0.39 is 0 Å². The molecule has 0 fully saturated rings. The molecule has 0 unspecified atom stereocenters. The van der Waals surface area contributed by atoms with E-state index in [1.807, 2.05) is 25.1 Å². The molecule has 2 aromatic rings. The van der Waals surface area contributed by atoms with Crippen LogP contribution in [-0.2, 0) is 11.2 Å². The van der Waals surface area contributed by atoms with Crippen LogP contribution in [0, 0.1) is 10.5 Å². The summed E-state index contributed by atoms with van der Waals surface area (Å²) < 4.78 is 2.83. The summed E-state index contributed by atoms with van der Waals surface area (Å²) in [6, 6.07) is 5.83. The van der Waals surface area contributed by atoms with Gasteiger partial charge in [0.2, 0.25) is 5.91 Å². The summed E-state index contributed by atoms with van der Waals surface area (Å²) in [7, 11) is 0. The number of carbonyl (C=O) groups is 1. The Kier molecular flexibility index (Phi) is 2.39. The van der Waals surface area contributed by atoms with Crippen LogP contribution in [0.25, 0.3) is 5.69 Å². The minimum atomic E-state index is -0.0309. The van der Waals surface area contributed by atoms with Crippen LogP contribution in [0.4, 0.5) is 5.69 Å². The second-order valence-electron chi connectivity index (χ2n) is 3.92. The number of nitrogens with zero attached hydrogens (tertiary/aromatic N) is 3. The summed E-state index contributed by atoms with van der Waals surface area (Å²) in [5.41, 5.74) is 3.30. The highest BCUT2D eigenvalue weighted by Crippen LogP contribution is 2.27. The van der Waals surface area contributed by atoms with Crippen molar-refractivity contribution in [2.24, 2.45) is 0 Å². The van der Waals surface area contributed by atoms with Gasteiger partial charge in [0.05, 0.1) is 29.2 Å². The number of rotatable bonds is 0. The molecule has 17 heavy (non-hydrogen) atoms. The van der Waals surface area contributed by atoms with Crippen LogP contribution < -0.4 is 5.32 Å². The molecule has 0 atom stereocenters. The van der Waals surface area contributed by atoms with Gasteiger partial charge in [-0.2, -0.15) is 0 Å². The molecular weight excluding hydrogens is 331 g/mol. The Hall–Kier alpha value is -1.44. The van der Waals surface area contributed by atoms with Crippen molar-refractivity contribution in [3.05, 3.63) is 33.2 Å². The van der Waals surface area contributed by atoms with Crippen molar-refractivity contribution in [3.63, 3.8) is 0 Å². The number of amides is 1. The van der Waals surface area contributed by atoms with Gasteiger partial charge in [-0.1, -0.05) is 5.21 Å². The van der Waals surface area contributed by atoms with Crippen LogP contribution in [-0.4, -0.2) is 20.9 Å². The maximum Gasteiger partial charge on any atom is 0.230 e. The van der Waals surface area contributed by atoms with Crippen LogP contribution >= 0.6 is 22.6 Å². The van der Waals surface area contributed by atoms with Crippen molar-refractivity contribution < 1.29 is 4.79 Å². The first-order valence-electron chi connectivity index (χ1n) is 5.16. The van der Waals surface area contributed by atoms with Crippen LogP contribution in [0.2, 0.25) is 0 Å². The molecule has 0 aliphatic carbocycles. The van der Waals surface area contributed by atoms with Gasteiger partial charge in [0.1, 0.15) is 0 Å². The molecule has 1 amide bonds. The highest BCUT2D eigenvalue weighted by atomic mass is 127. The first-order valence-corrected chi connectivity index (χ1v) is 6.24. The summed E-state index contributed by atoms with van der Waals surface area (Å²) in [6.45, 7) is 1.87. The molecule has 0 radical (unpaired) electrons. The predicted octanol–water partition coefficient (Wildman–Crippen LogP) is 1.67. The largest absolute Gasteiger partial charge is 0.324 e. The van der Waals surface area contributed by atoms with Crippen LogP contribution in [0.3, 0.4) is 0 Å². The normalized spacial score (nSPS) is 13.6. The Morgan fingerprint density at radius 2 is 2.29 bits per heavy atom. The van der Waals surface area contributed by atoms with E-state index in [4.69, 9.17) is 0 Å². The first-order chi connectivity index (χ1) is 8.15. The molecule has 0 saturated carbocycles. The third kappa shape index (κ3) is 1.72. The third-order valence-electron chi connectivity index (χ3n) is 2.75. The fourth-order valence-electron chi connectivity index (χ4n) is 1.91. The van der Waals surface area contributed by atoms with Crippen molar-refractivity contribution in [2.75, 3.05) is 5.32 Å². The molecule has 0 bridgehead atoms. The lowest BCUT2D eigenvalue weighted by molar-refractivity contribution is -0.115. The zero-order valence-corrected chi connectivity index (χ0v) is 11.2. The SMILES string of the molecule is Cc1nnn2c1CC(=O)Nc1ccc(I)cc1-2. The van der Waals surface area contributed by atoms with Gasteiger partial charge in [0.25, 0.3) is 0 Å². The summed E-state index contributed by atoms with van der Waals surface area (Å²) in [6.07, 6.45) is 0.310. The van der Waals surface area contributed by atoms with E-state index in [1.54, 1.807) is 4.68 Å². The third-order valence-corrected chi connectivity index (χ3v) is 3.42. The molecule has 1 aromatic carbocycles. The lowest BCUT2D eigenvalue weighted by Gasteiger charge is -2.07. The number of benzene rings is 1. The molecule has 2 heterocycles. The lowest BCUT2D eigenvalue weighted by Crippen LogP contribution is -2.13. The Balaban J connectivity index is 2.31. The van der Waals surface area contributed by atoms with Gasteiger partial charge in [-0.15, -0.1) is 5.10 Å². The van der Waals surface area contributed by atoms with E-state index in [9.17, 15) is 4.79 Å². The van der Waals surface area contributed by atoms with Crippen molar-refractivity contribution in [1.82, 2.24) is 15.0 Å². The van der Waals surface area contributed by atoms with Gasteiger partial charge in [0, 0.05) is 3.57 Å². The van der Waals surface area contributed by atoms with E-state index in [1.165, 1.54) is 0 Å². The molecule has 5 nitrogen and oxygen atoms in total. The molecular formula is C11H9IN4O. The van der Waals surface area contributed by atoms with Gasteiger partial charge in [0.15, 0.2) is 0 Å². The molecule has 1 aliphatic rings. The number of halogens is 1. The average molecular weight is 340 g/mol. The Labute approximate surface area is 111 Å². The van der Waals surface area contributed by atoms with Gasteiger partial charge in [-0.3, -0.25) is 4.79 Å². The maximum atomic E-state index is 11.8. The zero-order valence-electron chi connectivity index (χ0n) is 9.07. The highest BCUT2D eigenvalue weighted by Gasteiger charge is 2.21. The molecule has 3 rings (SSSR count). The highest BCUT2D eigenvalue weighted by molar-refractivity contribution is 14.1. The second kappa shape index (κ2) is 3.80. The predicted molar refractivity (Wildman–Crippen MR) is 71.1 cm³/mol. The number of carbonyl (C=O) groups excluding carboxylic acids is 1. The van der Waals surface area contributed by atoms with Crippen molar-refractivity contribution in [2.45, 2.75) is 13.3 Å². The van der Waals surface area contributed by atoms with E-state index in [2.05, 4.69) is 38.2 Å². The summed E-state index contributed by atoms with van der Waals surface area (Å²) in [5, 5.41) is 11.0. The molecule has 1 aliphatic heterocycles. The van der Waals surface area contributed by atoms with E-state index in [-0.39, 0.29) is 5.91 Å². The standard InChI is InChI=1S/C11H9IN4O/c1-6-9-5-11(17)13-8-3-2-7(12)4-10(8)16(9)15-14-6/h2-4H,5H2,1H3,(H,13,17). The van der Waals surface area contributed by atoms with Crippen LogP contribution in [0.1, 0.15) is 11.4 Å². The molecule has 0 spiro atoms. The van der Waals surface area contributed by atoms with Gasteiger partial charge in [-0.05, 0) is 47.7 Å². The minimum absolute atomic E-state index is 0.0309. The number of hydrogen-bond acceptors (Lipinski definition) is 3. The van der Waals surface area contributed by atoms with Crippen molar-refractivity contribution in [1.29, 1.82) is 0 Å². The van der Waals surface area contributed by atoms with E-state index >= 15 is 0 Å². The monoisotopic (exact) mass is 340 g/mol. The average Bonchev–Trinajstić information content (AvgIpc) is 2.56. The fourth-order valence-corrected chi connectivity index (χ4v) is 2.38. The minimum Gasteiger partial charge on any atom is -0.324 e. The van der Waals surface area contributed by atoms with Gasteiger partial charge >= 0.3 is 0 Å². The lowest BCUT2D eigenvalue weighted by atomic mass is 10.2. The van der Waals surface area contributed by atoms with E-state index in [0.29, 0.717) is 6.42 Å². The molecule has 6 heteroatoms. The second-order valence-corrected chi connectivity index (χ2v) is 5.17.